The van der Waals surface area contributed by atoms with Gasteiger partial charge in [-0.1, -0.05) is 29.4 Å². The fraction of sp³-hybridized carbons (Fsp3) is 0.261. The number of nitrogens with one attached hydrogen (secondary N) is 1. The number of aromatic nitrogens is 1. The van der Waals surface area contributed by atoms with E-state index in [0.29, 0.717) is 24.5 Å². The number of aryl methyl sites for hydroxylation is 2. The molecule has 0 spiro atoms. The number of carbonyl (C=O) groups excluding carboxylic acids is 2. The van der Waals surface area contributed by atoms with Gasteiger partial charge in [0.1, 0.15) is 18.1 Å². The number of ether oxygens (including phenoxy) is 2. The smallest absolute Gasteiger partial charge is 0.337 e. The van der Waals surface area contributed by atoms with Gasteiger partial charge >= 0.3 is 5.97 Å². The van der Waals surface area contributed by atoms with Crippen molar-refractivity contribution in [3.05, 3.63) is 82.2 Å². The molecule has 0 saturated heterocycles. The highest BCUT2D eigenvalue weighted by Gasteiger charge is 2.10. The second kappa shape index (κ2) is 9.73. The van der Waals surface area contributed by atoms with Gasteiger partial charge in [-0.25, -0.2) is 4.79 Å². The first-order valence-electron chi connectivity index (χ1n) is 9.53. The molecule has 1 N–H and O–H groups in total. The number of hydrogen-bond acceptors (Lipinski definition) is 6. The summed E-state index contributed by atoms with van der Waals surface area (Å²) in [6.45, 7) is 4.51. The van der Waals surface area contributed by atoms with Crippen LogP contribution in [0.1, 0.15) is 38.5 Å². The van der Waals surface area contributed by atoms with Crippen LogP contribution in [0.3, 0.4) is 0 Å². The number of esters is 1. The zero-order valence-electron chi connectivity index (χ0n) is 17.2. The third-order valence-electron chi connectivity index (χ3n) is 4.72. The Bertz CT molecular complexity index is 988. The zero-order chi connectivity index (χ0) is 21.5. The highest BCUT2D eigenvalue weighted by Crippen LogP contribution is 2.18. The van der Waals surface area contributed by atoms with Gasteiger partial charge in [-0.15, -0.1) is 0 Å². The molecule has 0 aliphatic rings. The van der Waals surface area contributed by atoms with Crippen molar-refractivity contribution >= 4 is 11.9 Å². The molecular weight excluding hydrogens is 384 g/mol. The van der Waals surface area contributed by atoms with Crippen LogP contribution in [-0.4, -0.2) is 24.1 Å². The fourth-order valence-corrected chi connectivity index (χ4v) is 2.89. The molecule has 0 aliphatic carbocycles. The van der Waals surface area contributed by atoms with Gasteiger partial charge in [0, 0.05) is 6.54 Å². The van der Waals surface area contributed by atoms with Crippen molar-refractivity contribution < 1.29 is 23.6 Å². The number of benzene rings is 2. The molecule has 0 saturated carbocycles. The van der Waals surface area contributed by atoms with Crippen molar-refractivity contribution in [2.75, 3.05) is 7.11 Å². The Labute approximate surface area is 175 Å². The number of hydrogen-bond donors (Lipinski definition) is 1. The number of methoxy groups -OCH3 is 1. The molecule has 0 atom stereocenters. The summed E-state index contributed by atoms with van der Waals surface area (Å²) in [5.74, 6) is 0.992. The van der Waals surface area contributed by atoms with Gasteiger partial charge in [-0.2, -0.15) is 0 Å². The molecule has 3 aromatic rings. The van der Waals surface area contributed by atoms with Gasteiger partial charge < -0.3 is 19.3 Å². The molecule has 7 heteroatoms. The number of nitrogens with zero attached hydrogens (tertiary/aromatic N) is 1. The van der Waals surface area contributed by atoms with Gasteiger partial charge in [-0.05, 0) is 49.2 Å². The van der Waals surface area contributed by atoms with Crippen LogP contribution in [0.25, 0.3) is 0 Å². The summed E-state index contributed by atoms with van der Waals surface area (Å²) in [5.41, 5.74) is 4.03. The third kappa shape index (κ3) is 5.47. The molecule has 30 heavy (non-hydrogen) atoms. The van der Waals surface area contributed by atoms with Gasteiger partial charge in [-0.3, -0.25) is 4.79 Å². The minimum Gasteiger partial charge on any atom is -0.489 e. The lowest BCUT2D eigenvalue weighted by Gasteiger charge is -2.08. The Hall–Kier alpha value is -3.61. The maximum absolute atomic E-state index is 12.2. The third-order valence-corrected chi connectivity index (χ3v) is 4.72. The maximum Gasteiger partial charge on any atom is 0.337 e. The van der Waals surface area contributed by atoms with E-state index in [0.717, 1.165) is 28.1 Å². The van der Waals surface area contributed by atoms with E-state index in [9.17, 15) is 9.59 Å². The van der Waals surface area contributed by atoms with Crippen LogP contribution >= 0.6 is 0 Å². The summed E-state index contributed by atoms with van der Waals surface area (Å²) in [6.07, 6.45) is 0.268. The highest BCUT2D eigenvalue weighted by molar-refractivity contribution is 5.89. The molecular formula is C23H24N2O5. The van der Waals surface area contributed by atoms with Crippen LogP contribution in [0.4, 0.5) is 0 Å². The summed E-state index contributed by atoms with van der Waals surface area (Å²) in [5, 5.41) is 6.79. The molecule has 3 rings (SSSR count). The van der Waals surface area contributed by atoms with Crippen LogP contribution in [0.5, 0.6) is 5.75 Å². The maximum atomic E-state index is 12.2. The molecule has 7 nitrogen and oxygen atoms in total. The first-order chi connectivity index (χ1) is 14.5. The van der Waals surface area contributed by atoms with Crippen molar-refractivity contribution in [3.63, 3.8) is 0 Å². The van der Waals surface area contributed by atoms with E-state index in [4.69, 9.17) is 9.26 Å². The van der Waals surface area contributed by atoms with E-state index in [-0.39, 0.29) is 18.3 Å². The van der Waals surface area contributed by atoms with E-state index in [1.165, 1.54) is 7.11 Å². The van der Waals surface area contributed by atoms with Crippen LogP contribution in [0.15, 0.2) is 53.1 Å². The first kappa shape index (κ1) is 21.1. The van der Waals surface area contributed by atoms with E-state index >= 15 is 0 Å². The Morgan fingerprint density at radius 3 is 2.27 bits per heavy atom. The fourth-order valence-electron chi connectivity index (χ4n) is 2.89. The Balaban J connectivity index is 1.46. The minimum absolute atomic E-state index is 0.0866. The molecule has 0 fully saturated rings. The molecule has 0 bridgehead atoms. The van der Waals surface area contributed by atoms with E-state index < -0.39 is 0 Å². The zero-order valence-corrected chi connectivity index (χ0v) is 17.2. The Morgan fingerprint density at radius 2 is 1.67 bits per heavy atom. The monoisotopic (exact) mass is 408 g/mol. The standard InChI is InChI=1S/C23H24N2O5/c1-15-21(16(2)30-25-15)14-29-20-10-6-17(7-11-20)12-22(26)24-13-18-4-8-19(9-5-18)23(27)28-3/h4-11H,12-14H2,1-3H3,(H,24,26). The van der Waals surface area contributed by atoms with Crippen LogP contribution in [0.2, 0.25) is 0 Å². The van der Waals surface area contributed by atoms with Crippen molar-refractivity contribution in [3.8, 4) is 5.75 Å². The molecule has 0 aliphatic heterocycles. The second-order valence-electron chi connectivity index (χ2n) is 6.88. The summed E-state index contributed by atoms with van der Waals surface area (Å²) in [4.78, 5) is 23.7. The van der Waals surface area contributed by atoms with Crippen molar-refractivity contribution in [1.29, 1.82) is 0 Å². The van der Waals surface area contributed by atoms with Crippen LogP contribution in [0, 0.1) is 13.8 Å². The number of carbonyl (C=O) groups is 2. The molecule has 1 heterocycles. The summed E-state index contributed by atoms with van der Waals surface area (Å²) in [7, 11) is 1.34. The van der Waals surface area contributed by atoms with Crippen molar-refractivity contribution in [1.82, 2.24) is 10.5 Å². The van der Waals surface area contributed by atoms with Gasteiger partial charge in [0.15, 0.2) is 0 Å². The molecule has 1 aromatic heterocycles. The van der Waals surface area contributed by atoms with E-state index in [1.807, 2.05) is 38.1 Å². The molecule has 2 aromatic carbocycles. The van der Waals surface area contributed by atoms with Crippen LogP contribution in [-0.2, 0) is 29.1 Å². The molecule has 0 unspecified atom stereocenters. The average molecular weight is 408 g/mol. The SMILES string of the molecule is COC(=O)c1ccc(CNC(=O)Cc2ccc(OCc3c(C)noc3C)cc2)cc1. The Morgan fingerprint density at radius 1 is 1.00 bits per heavy atom. The Kier molecular flexibility index (Phi) is 6.85. The predicted molar refractivity (Wildman–Crippen MR) is 110 cm³/mol. The molecule has 156 valence electrons. The molecule has 0 radical (unpaired) electrons. The highest BCUT2D eigenvalue weighted by atomic mass is 16.5. The largest absolute Gasteiger partial charge is 0.489 e. The number of rotatable bonds is 8. The lowest BCUT2D eigenvalue weighted by Crippen LogP contribution is -2.24. The average Bonchev–Trinajstić information content (AvgIpc) is 3.09. The lowest BCUT2D eigenvalue weighted by atomic mass is 10.1. The number of amides is 1. The van der Waals surface area contributed by atoms with E-state index in [2.05, 4.69) is 15.2 Å². The van der Waals surface area contributed by atoms with Crippen LogP contribution < -0.4 is 10.1 Å². The lowest BCUT2D eigenvalue weighted by molar-refractivity contribution is -0.120. The predicted octanol–water partition coefficient (Wildman–Crippen LogP) is 3.52. The molecule has 1 amide bonds. The summed E-state index contributed by atoms with van der Waals surface area (Å²) < 4.78 is 15.6. The normalized spacial score (nSPS) is 10.5. The van der Waals surface area contributed by atoms with Gasteiger partial charge in [0.2, 0.25) is 5.91 Å². The van der Waals surface area contributed by atoms with E-state index in [1.54, 1.807) is 24.3 Å². The summed E-state index contributed by atoms with van der Waals surface area (Å²) in [6, 6.07) is 14.3. The quantitative estimate of drug-likeness (QED) is 0.574. The topological polar surface area (TPSA) is 90.7 Å². The van der Waals surface area contributed by atoms with Gasteiger partial charge in [0.05, 0.1) is 30.4 Å². The second-order valence-corrected chi connectivity index (χ2v) is 6.88. The minimum atomic E-state index is -0.385. The summed E-state index contributed by atoms with van der Waals surface area (Å²) >= 11 is 0. The van der Waals surface area contributed by atoms with Crippen molar-refractivity contribution in [2.24, 2.45) is 0 Å². The van der Waals surface area contributed by atoms with Gasteiger partial charge in [0.25, 0.3) is 0 Å². The first-order valence-corrected chi connectivity index (χ1v) is 9.53. The van der Waals surface area contributed by atoms with Crippen molar-refractivity contribution in [2.45, 2.75) is 33.4 Å².